The first-order valence-electron chi connectivity index (χ1n) is 6.20. The molecule has 0 bridgehead atoms. The zero-order valence-corrected chi connectivity index (χ0v) is 11.2. The number of anilines is 1. The zero-order valence-electron chi connectivity index (χ0n) is 10.5. The lowest BCUT2D eigenvalue weighted by molar-refractivity contribution is 0.296. The Kier molecular flexibility index (Phi) is 4.60. The van der Waals surface area contributed by atoms with Gasteiger partial charge in [0.1, 0.15) is 6.33 Å². The van der Waals surface area contributed by atoms with Gasteiger partial charge in [0.15, 0.2) is 16.7 Å². The van der Waals surface area contributed by atoms with Gasteiger partial charge in [0, 0.05) is 12.6 Å². The first kappa shape index (κ1) is 13.4. The van der Waals surface area contributed by atoms with Gasteiger partial charge in [0.05, 0.1) is 13.7 Å². The molecule has 100 valence electrons. The van der Waals surface area contributed by atoms with E-state index in [2.05, 4.69) is 14.9 Å². The number of aliphatic hydroxyl groups excluding tert-OH is 1. The van der Waals surface area contributed by atoms with Crippen molar-refractivity contribution in [3.63, 3.8) is 0 Å². The molecule has 0 unspecified atom stereocenters. The van der Waals surface area contributed by atoms with Crippen LogP contribution in [0.3, 0.4) is 0 Å². The van der Waals surface area contributed by atoms with Crippen LogP contribution in [0.2, 0.25) is 5.15 Å². The molecule has 6 heteroatoms. The predicted octanol–water partition coefficient (Wildman–Crippen LogP) is 1.88. The third-order valence-electron chi connectivity index (χ3n) is 3.32. The third-order valence-corrected chi connectivity index (χ3v) is 3.59. The molecule has 1 aliphatic rings. The highest BCUT2D eigenvalue weighted by atomic mass is 35.5. The molecule has 0 radical (unpaired) electrons. The van der Waals surface area contributed by atoms with Crippen molar-refractivity contribution in [1.82, 2.24) is 9.97 Å². The van der Waals surface area contributed by atoms with E-state index in [1.54, 1.807) is 7.11 Å². The molecule has 0 aliphatic heterocycles. The Morgan fingerprint density at radius 3 is 2.78 bits per heavy atom. The van der Waals surface area contributed by atoms with Crippen LogP contribution in [0, 0.1) is 0 Å². The Bertz CT molecular complexity index is 397. The minimum Gasteiger partial charge on any atom is -0.490 e. The number of aromatic nitrogens is 2. The Morgan fingerprint density at radius 2 is 2.17 bits per heavy atom. The highest BCUT2D eigenvalue weighted by Crippen LogP contribution is 2.35. The minimum absolute atomic E-state index is 0.0846. The number of nitrogens with zero attached hydrogens (tertiary/aromatic N) is 3. The second kappa shape index (κ2) is 6.20. The van der Waals surface area contributed by atoms with Crippen LogP contribution in [0.4, 0.5) is 5.82 Å². The number of ether oxygens (including phenoxy) is 1. The Hall–Kier alpha value is -1.07. The fourth-order valence-corrected chi connectivity index (χ4v) is 2.71. The number of aliphatic hydroxyl groups is 1. The number of hydrogen-bond acceptors (Lipinski definition) is 5. The molecule has 2 rings (SSSR count). The average molecular weight is 272 g/mol. The zero-order chi connectivity index (χ0) is 13.0. The molecule has 1 fully saturated rings. The van der Waals surface area contributed by atoms with E-state index in [9.17, 15) is 5.11 Å². The second-order valence-corrected chi connectivity index (χ2v) is 4.73. The van der Waals surface area contributed by atoms with E-state index in [0.717, 1.165) is 12.8 Å². The van der Waals surface area contributed by atoms with E-state index < -0.39 is 0 Å². The molecule has 0 spiro atoms. The molecule has 1 heterocycles. The standard InChI is InChI=1S/C12H18ClN3O2/c1-18-10-11(13)14-8-15-12(10)16(6-7-17)9-4-2-3-5-9/h8-9,17H,2-7H2,1H3. The summed E-state index contributed by atoms with van der Waals surface area (Å²) in [5.41, 5.74) is 0. The fraction of sp³-hybridized carbons (Fsp3) is 0.667. The van der Waals surface area contributed by atoms with E-state index in [4.69, 9.17) is 16.3 Å². The van der Waals surface area contributed by atoms with Gasteiger partial charge in [-0.3, -0.25) is 0 Å². The van der Waals surface area contributed by atoms with Crippen LogP contribution in [0.25, 0.3) is 0 Å². The number of hydrogen-bond donors (Lipinski definition) is 1. The molecule has 5 nitrogen and oxygen atoms in total. The van der Waals surface area contributed by atoms with E-state index in [1.807, 2.05) is 0 Å². The molecule has 0 saturated heterocycles. The summed E-state index contributed by atoms with van der Waals surface area (Å²) in [4.78, 5) is 10.3. The molecular formula is C12H18ClN3O2. The molecule has 0 aromatic carbocycles. The highest BCUT2D eigenvalue weighted by Gasteiger charge is 2.26. The van der Waals surface area contributed by atoms with Crippen molar-refractivity contribution in [1.29, 1.82) is 0 Å². The van der Waals surface area contributed by atoms with Crippen LogP contribution in [-0.4, -0.2) is 41.4 Å². The van der Waals surface area contributed by atoms with Crippen molar-refractivity contribution in [3.05, 3.63) is 11.5 Å². The normalized spacial score (nSPS) is 15.9. The van der Waals surface area contributed by atoms with Crippen molar-refractivity contribution in [2.75, 3.05) is 25.2 Å². The maximum absolute atomic E-state index is 9.23. The molecule has 0 amide bonds. The summed E-state index contributed by atoms with van der Waals surface area (Å²) >= 11 is 6.02. The van der Waals surface area contributed by atoms with Crippen LogP contribution in [0.1, 0.15) is 25.7 Å². The SMILES string of the molecule is COc1c(Cl)ncnc1N(CCO)C1CCCC1. The number of rotatable bonds is 5. The molecule has 1 N–H and O–H groups in total. The summed E-state index contributed by atoms with van der Waals surface area (Å²) in [6.45, 7) is 0.621. The predicted molar refractivity (Wildman–Crippen MR) is 70.3 cm³/mol. The summed E-state index contributed by atoms with van der Waals surface area (Å²) in [7, 11) is 1.56. The third kappa shape index (κ3) is 2.67. The van der Waals surface area contributed by atoms with Crippen molar-refractivity contribution in [3.8, 4) is 5.75 Å². The van der Waals surface area contributed by atoms with Gasteiger partial charge in [0.2, 0.25) is 0 Å². The van der Waals surface area contributed by atoms with Crippen LogP contribution < -0.4 is 9.64 Å². The minimum atomic E-state index is 0.0846. The summed E-state index contributed by atoms with van der Waals surface area (Å²) in [6.07, 6.45) is 6.09. The van der Waals surface area contributed by atoms with Crippen molar-refractivity contribution >= 4 is 17.4 Å². The topological polar surface area (TPSA) is 58.5 Å². The largest absolute Gasteiger partial charge is 0.490 e. The second-order valence-electron chi connectivity index (χ2n) is 4.38. The number of methoxy groups -OCH3 is 1. The Labute approximate surface area is 112 Å². The molecule has 18 heavy (non-hydrogen) atoms. The molecule has 1 aromatic rings. The lowest BCUT2D eigenvalue weighted by atomic mass is 10.2. The van der Waals surface area contributed by atoms with Gasteiger partial charge in [-0.1, -0.05) is 24.4 Å². The first-order chi connectivity index (χ1) is 8.77. The average Bonchev–Trinajstić information content (AvgIpc) is 2.89. The van der Waals surface area contributed by atoms with Crippen LogP contribution >= 0.6 is 11.6 Å². The maximum Gasteiger partial charge on any atom is 0.199 e. The van der Waals surface area contributed by atoms with E-state index in [-0.39, 0.29) is 6.61 Å². The van der Waals surface area contributed by atoms with Gasteiger partial charge in [-0.05, 0) is 12.8 Å². The Balaban J connectivity index is 2.32. The van der Waals surface area contributed by atoms with Crippen LogP contribution in [0.15, 0.2) is 6.33 Å². The quantitative estimate of drug-likeness (QED) is 0.829. The smallest absolute Gasteiger partial charge is 0.199 e. The van der Waals surface area contributed by atoms with Gasteiger partial charge in [-0.2, -0.15) is 0 Å². The monoisotopic (exact) mass is 271 g/mol. The van der Waals surface area contributed by atoms with Gasteiger partial charge in [-0.15, -0.1) is 0 Å². The summed E-state index contributed by atoms with van der Waals surface area (Å²) < 4.78 is 5.28. The lowest BCUT2D eigenvalue weighted by Crippen LogP contribution is -2.36. The molecule has 1 aliphatic carbocycles. The van der Waals surface area contributed by atoms with Crippen molar-refractivity contribution in [2.45, 2.75) is 31.7 Å². The maximum atomic E-state index is 9.23. The summed E-state index contributed by atoms with van der Waals surface area (Å²) in [5, 5.41) is 9.54. The summed E-state index contributed by atoms with van der Waals surface area (Å²) in [6, 6.07) is 0.400. The van der Waals surface area contributed by atoms with Crippen LogP contribution in [-0.2, 0) is 0 Å². The first-order valence-corrected chi connectivity index (χ1v) is 6.57. The van der Waals surface area contributed by atoms with Gasteiger partial charge in [0.25, 0.3) is 0 Å². The number of halogens is 1. The van der Waals surface area contributed by atoms with Gasteiger partial charge < -0.3 is 14.7 Å². The van der Waals surface area contributed by atoms with E-state index >= 15 is 0 Å². The van der Waals surface area contributed by atoms with E-state index in [0.29, 0.717) is 29.3 Å². The van der Waals surface area contributed by atoms with Crippen molar-refractivity contribution < 1.29 is 9.84 Å². The highest BCUT2D eigenvalue weighted by molar-refractivity contribution is 6.31. The van der Waals surface area contributed by atoms with Crippen LogP contribution in [0.5, 0.6) is 5.75 Å². The fourth-order valence-electron chi connectivity index (χ4n) is 2.51. The summed E-state index contributed by atoms with van der Waals surface area (Å²) in [5.74, 6) is 1.16. The lowest BCUT2D eigenvalue weighted by Gasteiger charge is -2.30. The molecule has 0 atom stereocenters. The van der Waals surface area contributed by atoms with Gasteiger partial charge >= 0.3 is 0 Å². The molecule has 1 saturated carbocycles. The molecular weight excluding hydrogens is 254 g/mol. The van der Waals surface area contributed by atoms with Crippen molar-refractivity contribution in [2.24, 2.45) is 0 Å². The Morgan fingerprint density at radius 1 is 1.44 bits per heavy atom. The van der Waals surface area contributed by atoms with E-state index in [1.165, 1.54) is 19.2 Å². The van der Waals surface area contributed by atoms with Gasteiger partial charge in [-0.25, -0.2) is 9.97 Å². The molecule has 1 aromatic heterocycles.